The number of carbonyl (C=O) groups is 1. The van der Waals surface area contributed by atoms with Crippen LogP contribution in [0.5, 0.6) is 0 Å². The molecule has 1 heterocycles. The highest BCUT2D eigenvalue weighted by Crippen LogP contribution is 2.43. The van der Waals surface area contributed by atoms with E-state index >= 15 is 0 Å². The molecule has 1 saturated heterocycles. The zero-order valence-corrected chi connectivity index (χ0v) is 20.3. The Bertz CT molecular complexity index is 1120. The monoisotopic (exact) mass is 460 g/mol. The number of hydrogen-bond acceptors (Lipinski definition) is 2. The van der Waals surface area contributed by atoms with Crippen LogP contribution in [0.1, 0.15) is 50.8 Å². The van der Waals surface area contributed by atoms with E-state index in [0.29, 0.717) is 13.0 Å². The Balaban J connectivity index is 1.57. The van der Waals surface area contributed by atoms with Gasteiger partial charge in [-0.05, 0) is 61.6 Å². The van der Waals surface area contributed by atoms with E-state index in [2.05, 4.69) is 0 Å². The van der Waals surface area contributed by atoms with Crippen molar-refractivity contribution in [3.63, 3.8) is 0 Å². The van der Waals surface area contributed by atoms with Crippen molar-refractivity contribution < 1.29 is 14.3 Å². The number of amides is 2. The van der Waals surface area contributed by atoms with Gasteiger partial charge in [-0.25, -0.2) is 9.18 Å². The summed E-state index contributed by atoms with van der Waals surface area (Å²) in [5, 5.41) is 10.7. The van der Waals surface area contributed by atoms with E-state index in [-0.39, 0.29) is 17.9 Å². The summed E-state index contributed by atoms with van der Waals surface area (Å²) in [6, 6.07) is 24.4. The molecular formula is C29H33FN2O2. The van der Waals surface area contributed by atoms with Crippen molar-refractivity contribution in [1.82, 2.24) is 9.80 Å². The first-order valence-corrected chi connectivity index (χ1v) is 11.8. The molecule has 3 aromatic carbocycles. The first kappa shape index (κ1) is 24.0. The summed E-state index contributed by atoms with van der Waals surface area (Å²) >= 11 is 0. The average Bonchev–Trinajstić information content (AvgIpc) is 2.82. The molecule has 34 heavy (non-hydrogen) atoms. The molecule has 0 aliphatic carbocycles. The highest BCUT2D eigenvalue weighted by atomic mass is 19.1. The van der Waals surface area contributed by atoms with Gasteiger partial charge in [0.1, 0.15) is 5.82 Å². The van der Waals surface area contributed by atoms with Gasteiger partial charge < -0.3 is 14.9 Å². The number of benzene rings is 3. The van der Waals surface area contributed by atoms with Crippen LogP contribution >= 0.6 is 0 Å². The summed E-state index contributed by atoms with van der Waals surface area (Å²) in [4.78, 5) is 17.4. The Labute approximate surface area is 201 Å². The van der Waals surface area contributed by atoms with Gasteiger partial charge in [0.25, 0.3) is 0 Å². The third-order valence-corrected chi connectivity index (χ3v) is 7.02. The van der Waals surface area contributed by atoms with E-state index < -0.39 is 11.1 Å². The lowest BCUT2D eigenvalue weighted by Crippen LogP contribution is -2.60. The summed E-state index contributed by atoms with van der Waals surface area (Å²) in [6.07, 6.45) is 1.18. The minimum absolute atomic E-state index is 0.0468. The van der Waals surface area contributed by atoms with Gasteiger partial charge in [-0.15, -0.1) is 0 Å². The molecule has 1 N–H and O–H groups in total. The number of rotatable bonds is 6. The maximum Gasteiger partial charge on any atom is 0.320 e. The molecule has 5 heteroatoms. The zero-order valence-electron chi connectivity index (χ0n) is 20.3. The Morgan fingerprint density at radius 3 is 2.09 bits per heavy atom. The normalized spacial score (nSPS) is 19.9. The minimum atomic E-state index is -0.922. The van der Waals surface area contributed by atoms with Crippen LogP contribution in [-0.4, -0.2) is 40.1 Å². The van der Waals surface area contributed by atoms with E-state index in [0.717, 1.165) is 28.7 Å². The van der Waals surface area contributed by atoms with Crippen LogP contribution in [0.15, 0.2) is 78.9 Å². The van der Waals surface area contributed by atoms with Gasteiger partial charge in [0, 0.05) is 20.0 Å². The summed E-state index contributed by atoms with van der Waals surface area (Å²) < 4.78 is 13.2. The van der Waals surface area contributed by atoms with Gasteiger partial charge in [-0.2, -0.15) is 0 Å². The maximum absolute atomic E-state index is 13.7. The summed E-state index contributed by atoms with van der Waals surface area (Å²) in [6.45, 7) is 6.24. The first-order valence-electron chi connectivity index (χ1n) is 11.8. The quantitative estimate of drug-likeness (QED) is 0.465. The molecular weight excluding hydrogens is 427 g/mol. The van der Waals surface area contributed by atoms with Gasteiger partial charge >= 0.3 is 6.03 Å². The fraction of sp³-hybridized carbons (Fsp3) is 0.345. The Kier molecular flexibility index (Phi) is 6.50. The standard InChI is InChI=1S/C29H33FN2O2/c1-21(22-10-12-23(13-11-22)24-14-16-26(30)17-15-24)32-19-18-29(20-28(2,3)34,31(4)27(32)33)25-8-6-5-7-9-25/h5-17,21,34H,18-20H2,1-4H3. The molecule has 1 aliphatic rings. The lowest BCUT2D eigenvalue weighted by atomic mass is 9.75. The second-order valence-electron chi connectivity index (χ2n) is 9.98. The van der Waals surface area contributed by atoms with Crippen molar-refractivity contribution >= 4 is 6.03 Å². The van der Waals surface area contributed by atoms with Crippen LogP contribution in [0.4, 0.5) is 9.18 Å². The summed E-state index contributed by atoms with van der Waals surface area (Å²) in [7, 11) is 1.84. The number of aliphatic hydroxyl groups is 1. The molecule has 2 atom stereocenters. The lowest BCUT2D eigenvalue weighted by molar-refractivity contribution is -0.0257. The molecule has 2 amide bonds. The van der Waals surface area contributed by atoms with Crippen LogP contribution in [0.3, 0.4) is 0 Å². The highest BCUT2D eigenvalue weighted by Gasteiger charge is 2.48. The van der Waals surface area contributed by atoms with Gasteiger partial charge in [0.05, 0.1) is 17.2 Å². The predicted molar refractivity (Wildman–Crippen MR) is 134 cm³/mol. The van der Waals surface area contributed by atoms with Crippen LogP contribution in [0.2, 0.25) is 0 Å². The van der Waals surface area contributed by atoms with E-state index in [1.807, 2.05) is 78.4 Å². The number of halogens is 1. The van der Waals surface area contributed by atoms with Crippen molar-refractivity contribution in [3.05, 3.63) is 95.8 Å². The largest absolute Gasteiger partial charge is 0.390 e. The Morgan fingerprint density at radius 2 is 1.53 bits per heavy atom. The third kappa shape index (κ3) is 4.71. The van der Waals surface area contributed by atoms with E-state index in [1.165, 1.54) is 12.1 Å². The molecule has 0 radical (unpaired) electrons. The molecule has 4 nitrogen and oxygen atoms in total. The molecule has 3 aromatic rings. The summed E-state index contributed by atoms with van der Waals surface area (Å²) in [5.41, 5.74) is 2.55. The number of urea groups is 1. The molecule has 1 fully saturated rings. The minimum Gasteiger partial charge on any atom is -0.390 e. The van der Waals surface area contributed by atoms with Gasteiger partial charge in [0.2, 0.25) is 0 Å². The van der Waals surface area contributed by atoms with Crippen LogP contribution < -0.4 is 0 Å². The van der Waals surface area contributed by atoms with Gasteiger partial charge in [0.15, 0.2) is 0 Å². The zero-order chi connectivity index (χ0) is 24.5. The molecule has 2 unspecified atom stereocenters. The smallest absolute Gasteiger partial charge is 0.320 e. The van der Waals surface area contributed by atoms with E-state index in [4.69, 9.17) is 0 Å². The molecule has 0 spiro atoms. The van der Waals surface area contributed by atoms with Crippen LogP contribution in [-0.2, 0) is 5.54 Å². The van der Waals surface area contributed by atoms with Crippen LogP contribution in [0, 0.1) is 5.82 Å². The summed E-state index contributed by atoms with van der Waals surface area (Å²) in [5.74, 6) is -0.252. The second-order valence-corrected chi connectivity index (χ2v) is 9.98. The first-order chi connectivity index (χ1) is 16.1. The average molecular weight is 461 g/mol. The fourth-order valence-corrected chi connectivity index (χ4v) is 5.19. The molecule has 4 rings (SSSR count). The van der Waals surface area contributed by atoms with E-state index in [9.17, 15) is 14.3 Å². The molecule has 0 bridgehead atoms. The van der Waals surface area contributed by atoms with Crippen molar-refractivity contribution in [2.24, 2.45) is 0 Å². The molecule has 1 aliphatic heterocycles. The van der Waals surface area contributed by atoms with Crippen molar-refractivity contribution in [2.75, 3.05) is 13.6 Å². The third-order valence-electron chi connectivity index (χ3n) is 7.02. The number of carbonyl (C=O) groups excluding carboxylic acids is 1. The lowest BCUT2D eigenvalue weighted by Gasteiger charge is -2.52. The number of hydrogen-bond donors (Lipinski definition) is 1. The maximum atomic E-state index is 13.7. The van der Waals surface area contributed by atoms with Crippen molar-refractivity contribution in [2.45, 2.75) is 50.8 Å². The Hall–Kier alpha value is -3.18. The van der Waals surface area contributed by atoms with Crippen molar-refractivity contribution in [3.8, 4) is 11.1 Å². The Morgan fingerprint density at radius 1 is 0.971 bits per heavy atom. The van der Waals surface area contributed by atoms with E-state index in [1.54, 1.807) is 26.0 Å². The molecule has 0 aromatic heterocycles. The molecule has 0 saturated carbocycles. The van der Waals surface area contributed by atoms with Gasteiger partial charge in [-0.3, -0.25) is 0 Å². The fourth-order valence-electron chi connectivity index (χ4n) is 5.19. The predicted octanol–water partition coefficient (Wildman–Crippen LogP) is 6.37. The SMILES string of the molecule is CC(c1ccc(-c2ccc(F)cc2)cc1)N1CCC(CC(C)(C)O)(c2ccccc2)N(C)C1=O. The topological polar surface area (TPSA) is 43.8 Å². The van der Waals surface area contributed by atoms with Gasteiger partial charge in [-0.1, -0.05) is 66.7 Å². The second kappa shape index (κ2) is 9.22. The highest BCUT2D eigenvalue weighted by molar-refractivity contribution is 5.77. The van der Waals surface area contributed by atoms with Crippen LogP contribution in [0.25, 0.3) is 11.1 Å². The number of nitrogens with zero attached hydrogens (tertiary/aromatic N) is 2. The molecule has 178 valence electrons. The van der Waals surface area contributed by atoms with Crippen molar-refractivity contribution in [1.29, 1.82) is 0 Å².